The Morgan fingerprint density at radius 2 is 2.11 bits per heavy atom. The van der Waals surface area contributed by atoms with E-state index >= 15 is 0 Å². The summed E-state index contributed by atoms with van der Waals surface area (Å²) in [7, 11) is 0. The maximum atomic E-state index is 12.9. The maximum absolute atomic E-state index is 12.9. The van der Waals surface area contributed by atoms with Gasteiger partial charge in [0, 0.05) is 18.2 Å². The number of hydrogen-bond donors (Lipinski definition) is 0. The van der Waals surface area contributed by atoms with E-state index in [9.17, 15) is 9.18 Å². The van der Waals surface area contributed by atoms with Gasteiger partial charge in [-0.15, -0.1) is 0 Å². The summed E-state index contributed by atoms with van der Waals surface area (Å²) in [4.78, 5) is 15.5. The zero-order valence-electron chi connectivity index (χ0n) is 10.2. The van der Waals surface area contributed by atoms with Gasteiger partial charge in [-0.25, -0.2) is 4.39 Å². The molecular formula is C15H14FNO. The first-order valence-electron chi connectivity index (χ1n) is 5.84. The van der Waals surface area contributed by atoms with Crippen LogP contribution in [0.4, 0.5) is 4.39 Å². The molecule has 0 aliphatic carbocycles. The Balaban J connectivity index is 2.00. The Morgan fingerprint density at radius 3 is 2.83 bits per heavy atom. The Morgan fingerprint density at radius 1 is 1.28 bits per heavy atom. The number of benzene rings is 1. The summed E-state index contributed by atoms with van der Waals surface area (Å²) in [6.45, 7) is 2.02. The van der Waals surface area contributed by atoms with Crippen molar-refractivity contribution in [2.24, 2.45) is 0 Å². The number of halogens is 1. The topological polar surface area (TPSA) is 30.0 Å². The number of pyridine rings is 1. The van der Waals surface area contributed by atoms with E-state index in [2.05, 4.69) is 11.1 Å². The number of carbonyl (C=O) groups is 1. The van der Waals surface area contributed by atoms with Gasteiger partial charge in [-0.2, -0.15) is 0 Å². The maximum Gasteiger partial charge on any atom is 0.164 e. The van der Waals surface area contributed by atoms with E-state index < -0.39 is 5.82 Å². The Kier molecular flexibility index (Phi) is 3.82. The molecule has 0 saturated heterocycles. The molecule has 0 aliphatic heterocycles. The third kappa shape index (κ3) is 3.23. The number of rotatable bonds is 4. The highest BCUT2D eigenvalue weighted by atomic mass is 19.1. The fourth-order valence-electron chi connectivity index (χ4n) is 1.83. The number of Topliss-reactive ketones (excluding diaryl/α,β-unsaturated/α-hetero) is 1. The molecule has 0 amide bonds. The summed E-state index contributed by atoms with van der Waals surface area (Å²) >= 11 is 0. The summed E-state index contributed by atoms with van der Waals surface area (Å²) in [6.07, 6.45) is 3.53. The molecule has 2 rings (SSSR count). The summed E-state index contributed by atoms with van der Waals surface area (Å²) in [5.74, 6) is -0.556. The monoisotopic (exact) mass is 243 g/mol. The Labute approximate surface area is 105 Å². The van der Waals surface area contributed by atoms with Gasteiger partial charge in [-0.3, -0.25) is 9.78 Å². The molecule has 1 aromatic heterocycles. The van der Waals surface area contributed by atoms with Crippen LogP contribution in [0.5, 0.6) is 0 Å². The fraction of sp³-hybridized carbons (Fsp3) is 0.200. The van der Waals surface area contributed by atoms with Crippen LogP contribution in [-0.2, 0) is 6.42 Å². The van der Waals surface area contributed by atoms with Crippen molar-refractivity contribution < 1.29 is 9.18 Å². The second-order valence-electron chi connectivity index (χ2n) is 4.30. The van der Waals surface area contributed by atoms with E-state index in [0.29, 0.717) is 18.4 Å². The number of carbonyl (C=O) groups excluding carboxylic acids is 1. The molecule has 1 aromatic carbocycles. The highest BCUT2D eigenvalue weighted by Crippen LogP contribution is 2.10. The van der Waals surface area contributed by atoms with Crippen LogP contribution in [0.25, 0.3) is 0 Å². The summed E-state index contributed by atoms with van der Waals surface area (Å²) in [6, 6.07) is 9.26. The molecule has 92 valence electrons. The average Bonchev–Trinajstić information content (AvgIpc) is 2.36. The lowest BCUT2D eigenvalue weighted by molar-refractivity contribution is 0.0982. The van der Waals surface area contributed by atoms with Crippen molar-refractivity contribution in [3.05, 3.63) is 65.2 Å². The molecule has 0 atom stereocenters. The predicted octanol–water partition coefficient (Wildman–Crippen LogP) is 3.34. The van der Waals surface area contributed by atoms with Gasteiger partial charge in [-0.1, -0.05) is 29.8 Å². The molecule has 0 fully saturated rings. The van der Waals surface area contributed by atoms with Crippen LogP contribution >= 0.6 is 0 Å². The highest BCUT2D eigenvalue weighted by Gasteiger charge is 2.07. The lowest BCUT2D eigenvalue weighted by Crippen LogP contribution is -2.02. The van der Waals surface area contributed by atoms with Gasteiger partial charge < -0.3 is 0 Å². The van der Waals surface area contributed by atoms with Gasteiger partial charge in [0.05, 0.1) is 6.20 Å². The van der Waals surface area contributed by atoms with E-state index in [-0.39, 0.29) is 5.78 Å². The van der Waals surface area contributed by atoms with Crippen LogP contribution in [0.15, 0.2) is 42.7 Å². The van der Waals surface area contributed by atoms with Crippen LogP contribution in [0.1, 0.15) is 27.9 Å². The van der Waals surface area contributed by atoms with E-state index in [4.69, 9.17) is 0 Å². The van der Waals surface area contributed by atoms with Crippen molar-refractivity contribution in [3.63, 3.8) is 0 Å². The van der Waals surface area contributed by atoms with Gasteiger partial charge in [-0.05, 0) is 25.0 Å². The van der Waals surface area contributed by atoms with Crippen LogP contribution in [-0.4, -0.2) is 10.8 Å². The number of ketones is 1. The molecule has 0 spiro atoms. The first kappa shape index (κ1) is 12.4. The standard InChI is InChI=1S/C15H14FNO/c1-11-3-2-4-12(7-11)5-6-15(18)13-8-14(16)10-17-9-13/h2-4,7-10H,5-6H2,1H3. The predicted molar refractivity (Wildman–Crippen MR) is 68.0 cm³/mol. The van der Waals surface area contributed by atoms with Gasteiger partial charge in [0.25, 0.3) is 0 Å². The second kappa shape index (κ2) is 5.54. The van der Waals surface area contributed by atoms with E-state index in [1.807, 2.05) is 25.1 Å². The molecular weight excluding hydrogens is 229 g/mol. The van der Waals surface area contributed by atoms with Crippen molar-refractivity contribution in [1.82, 2.24) is 4.98 Å². The van der Waals surface area contributed by atoms with Crippen molar-refractivity contribution in [1.29, 1.82) is 0 Å². The molecule has 2 nitrogen and oxygen atoms in total. The number of aromatic nitrogens is 1. The summed E-state index contributed by atoms with van der Waals surface area (Å²) in [5.41, 5.74) is 2.63. The molecule has 0 bridgehead atoms. The van der Waals surface area contributed by atoms with Crippen LogP contribution in [0.2, 0.25) is 0 Å². The van der Waals surface area contributed by atoms with Crippen LogP contribution in [0, 0.1) is 12.7 Å². The molecule has 0 saturated carbocycles. The number of aryl methyl sites for hydroxylation is 2. The normalized spacial score (nSPS) is 10.3. The quantitative estimate of drug-likeness (QED) is 0.771. The third-order valence-electron chi connectivity index (χ3n) is 2.75. The minimum atomic E-state index is -0.476. The first-order valence-corrected chi connectivity index (χ1v) is 5.84. The fourth-order valence-corrected chi connectivity index (χ4v) is 1.83. The molecule has 3 heteroatoms. The molecule has 0 aliphatic rings. The van der Waals surface area contributed by atoms with Crippen molar-refractivity contribution >= 4 is 5.78 Å². The minimum absolute atomic E-state index is 0.0801. The highest BCUT2D eigenvalue weighted by molar-refractivity contribution is 5.95. The SMILES string of the molecule is Cc1cccc(CCC(=O)c2cncc(F)c2)c1. The zero-order valence-corrected chi connectivity index (χ0v) is 10.2. The van der Waals surface area contributed by atoms with Crippen molar-refractivity contribution in [2.45, 2.75) is 19.8 Å². The molecule has 2 aromatic rings. The first-order chi connectivity index (χ1) is 8.65. The smallest absolute Gasteiger partial charge is 0.164 e. The van der Waals surface area contributed by atoms with Gasteiger partial charge in [0.1, 0.15) is 5.82 Å². The second-order valence-corrected chi connectivity index (χ2v) is 4.30. The zero-order chi connectivity index (χ0) is 13.0. The van der Waals surface area contributed by atoms with Crippen LogP contribution in [0.3, 0.4) is 0 Å². The van der Waals surface area contributed by atoms with Crippen molar-refractivity contribution in [2.75, 3.05) is 0 Å². The molecule has 0 radical (unpaired) electrons. The van der Waals surface area contributed by atoms with E-state index in [1.165, 1.54) is 17.8 Å². The van der Waals surface area contributed by atoms with Gasteiger partial charge in [0.15, 0.2) is 5.78 Å². The minimum Gasteiger partial charge on any atom is -0.294 e. The largest absolute Gasteiger partial charge is 0.294 e. The third-order valence-corrected chi connectivity index (χ3v) is 2.75. The van der Waals surface area contributed by atoms with E-state index in [1.54, 1.807) is 0 Å². The molecule has 0 unspecified atom stereocenters. The molecule has 0 N–H and O–H groups in total. The Bertz CT molecular complexity index is 566. The van der Waals surface area contributed by atoms with E-state index in [0.717, 1.165) is 11.8 Å². The lowest BCUT2D eigenvalue weighted by Gasteiger charge is -2.02. The number of hydrogen-bond acceptors (Lipinski definition) is 2. The average molecular weight is 243 g/mol. The lowest BCUT2D eigenvalue weighted by atomic mass is 10.0. The molecule has 1 heterocycles. The number of nitrogens with zero attached hydrogens (tertiary/aromatic N) is 1. The van der Waals surface area contributed by atoms with Gasteiger partial charge in [0.2, 0.25) is 0 Å². The summed E-state index contributed by atoms with van der Waals surface area (Å²) in [5, 5.41) is 0. The van der Waals surface area contributed by atoms with Crippen LogP contribution < -0.4 is 0 Å². The Hall–Kier alpha value is -2.03. The van der Waals surface area contributed by atoms with Crippen molar-refractivity contribution in [3.8, 4) is 0 Å². The summed E-state index contributed by atoms with van der Waals surface area (Å²) < 4.78 is 12.9. The molecule has 18 heavy (non-hydrogen) atoms. The van der Waals surface area contributed by atoms with Gasteiger partial charge >= 0.3 is 0 Å².